The Hall–Kier alpha value is -1.14. The number of carbonyl (C=O) groups excluding carboxylic acids is 1. The number of urea groups is 1. The summed E-state index contributed by atoms with van der Waals surface area (Å²) in [5, 5.41) is 17.5. The van der Waals surface area contributed by atoms with Crippen LogP contribution >= 0.6 is 11.3 Å². The lowest BCUT2D eigenvalue weighted by atomic mass is 10.2. The number of hydrogen-bond acceptors (Lipinski definition) is 4. The molecule has 1 heterocycles. The molecule has 0 radical (unpaired) electrons. The number of aliphatic hydroxyl groups excluding tert-OH is 1. The Morgan fingerprint density at radius 2 is 2.32 bits per heavy atom. The standard InChI is InChI=1S/C13H23N3O2S/c1-10(5-4-8-17)16-13(18)14-7-3-6-12-15-11(2)9-19-12/h9-10,17H,3-8H2,1-2H3,(H2,14,16,18). The summed E-state index contributed by atoms with van der Waals surface area (Å²) < 4.78 is 0. The van der Waals surface area contributed by atoms with Crippen LogP contribution in [0.4, 0.5) is 4.79 Å². The van der Waals surface area contributed by atoms with Crippen molar-refractivity contribution in [2.75, 3.05) is 13.2 Å². The zero-order valence-electron chi connectivity index (χ0n) is 11.6. The number of thiazole rings is 1. The van der Waals surface area contributed by atoms with Crippen molar-refractivity contribution in [2.24, 2.45) is 0 Å². The maximum absolute atomic E-state index is 11.5. The second-order valence-corrected chi connectivity index (χ2v) is 5.60. The first kappa shape index (κ1) is 15.9. The number of hydrogen-bond donors (Lipinski definition) is 3. The van der Waals surface area contributed by atoms with Gasteiger partial charge in [0.1, 0.15) is 0 Å². The summed E-state index contributed by atoms with van der Waals surface area (Å²) in [7, 11) is 0. The molecule has 1 aromatic rings. The highest BCUT2D eigenvalue weighted by Crippen LogP contribution is 2.10. The van der Waals surface area contributed by atoms with Crippen molar-refractivity contribution < 1.29 is 9.90 Å². The van der Waals surface area contributed by atoms with Gasteiger partial charge in [0, 0.05) is 36.7 Å². The molecule has 1 unspecified atom stereocenters. The summed E-state index contributed by atoms with van der Waals surface area (Å²) in [6.07, 6.45) is 3.30. The maximum atomic E-state index is 11.5. The average Bonchev–Trinajstić information content (AvgIpc) is 2.78. The first-order valence-electron chi connectivity index (χ1n) is 6.68. The lowest BCUT2D eigenvalue weighted by molar-refractivity contribution is 0.234. The Labute approximate surface area is 118 Å². The molecular weight excluding hydrogens is 262 g/mol. The summed E-state index contributed by atoms with van der Waals surface area (Å²) in [4.78, 5) is 15.9. The third-order valence-corrected chi connectivity index (χ3v) is 3.72. The molecule has 0 aromatic carbocycles. The van der Waals surface area contributed by atoms with Gasteiger partial charge in [-0.1, -0.05) is 0 Å². The van der Waals surface area contributed by atoms with E-state index in [9.17, 15) is 4.79 Å². The van der Waals surface area contributed by atoms with Gasteiger partial charge in [-0.15, -0.1) is 11.3 Å². The summed E-state index contributed by atoms with van der Waals surface area (Å²) >= 11 is 1.67. The fourth-order valence-electron chi connectivity index (χ4n) is 1.70. The number of rotatable bonds is 8. The minimum absolute atomic E-state index is 0.0914. The quantitative estimate of drug-likeness (QED) is 0.638. The Morgan fingerprint density at radius 3 is 2.95 bits per heavy atom. The third-order valence-electron chi connectivity index (χ3n) is 2.69. The SMILES string of the molecule is Cc1csc(CCCNC(=O)NC(C)CCCO)n1. The second-order valence-electron chi connectivity index (χ2n) is 4.65. The van der Waals surface area contributed by atoms with E-state index in [0.717, 1.165) is 30.0 Å². The molecular formula is C13H23N3O2S. The third kappa shape index (κ3) is 7.12. The van der Waals surface area contributed by atoms with Crippen molar-refractivity contribution in [1.29, 1.82) is 0 Å². The van der Waals surface area contributed by atoms with Gasteiger partial charge < -0.3 is 15.7 Å². The topological polar surface area (TPSA) is 74.2 Å². The number of nitrogens with zero attached hydrogens (tertiary/aromatic N) is 1. The number of aromatic nitrogens is 1. The van der Waals surface area contributed by atoms with Gasteiger partial charge in [0.25, 0.3) is 0 Å². The Kier molecular flexibility index (Phi) is 7.43. The molecule has 1 rings (SSSR count). The van der Waals surface area contributed by atoms with Crippen LogP contribution in [0.25, 0.3) is 0 Å². The molecule has 19 heavy (non-hydrogen) atoms. The molecule has 108 valence electrons. The number of aryl methyl sites for hydroxylation is 2. The zero-order valence-corrected chi connectivity index (χ0v) is 12.4. The lowest BCUT2D eigenvalue weighted by Gasteiger charge is -2.13. The van der Waals surface area contributed by atoms with Crippen LogP contribution in [0, 0.1) is 6.92 Å². The number of carbonyl (C=O) groups is 1. The number of nitrogens with one attached hydrogen (secondary N) is 2. The van der Waals surface area contributed by atoms with E-state index in [4.69, 9.17) is 5.11 Å². The monoisotopic (exact) mass is 285 g/mol. The highest BCUT2D eigenvalue weighted by Gasteiger charge is 2.06. The van der Waals surface area contributed by atoms with Gasteiger partial charge >= 0.3 is 6.03 Å². The molecule has 6 heteroatoms. The Morgan fingerprint density at radius 1 is 1.53 bits per heavy atom. The highest BCUT2D eigenvalue weighted by molar-refractivity contribution is 7.09. The van der Waals surface area contributed by atoms with Crippen molar-refractivity contribution in [3.63, 3.8) is 0 Å². The van der Waals surface area contributed by atoms with E-state index in [0.29, 0.717) is 13.0 Å². The molecule has 0 saturated carbocycles. The molecule has 1 atom stereocenters. The molecule has 3 N–H and O–H groups in total. The van der Waals surface area contributed by atoms with Gasteiger partial charge in [-0.3, -0.25) is 0 Å². The van der Waals surface area contributed by atoms with Crippen LogP contribution in [-0.2, 0) is 6.42 Å². The minimum Gasteiger partial charge on any atom is -0.396 e. The van der Waals surface area contributed by atoms with Gasteiger partial charge in [0.05, 0.1) is 5.01 Å². The van der Waals surface area contributed by atoms with Gasteiger partial charge in [0.15, 0.2) is 0 Å². The van der Waals surface area contributed by atoms with E-state index >= 15 is 0 Å². The zero-order chi connectivity index (χ0) is 14.1. The smallest absolute Gasteiger partial charge is 0.314 e. The van der Waals surface area contributed by atoms with Crippen LogP contribution in [-0.4, -0.2) is 35.3 Å². The molecule has 2 amide bonds. The largest absolute Gasteiger partial charge is 0.396 e. The number of amides is 2. The van der Waals surface area contributed by atoms with Gasteiger partial charge in [-0.2, -0.15) is 0 Å². The number of aliphatic hydroxyl groups is 1. The summed E-state index contributed by atoms with van der Waals surface area (Å²) in [6, 6.07) is -0.0467. The average molecular weight is 285 g/mol. The van der Waals surface area contributed by atoms with E-state index in [1.54, 1.807) is 11.3 Å². The minimum atomic E-state index is -0.138. The molecule has 1 aromatic heterocycles. The van der Waals surface area contributed by atoms with Crippen LogP contribution in [0.5, 0.6) is 0 Å². The molecule has 0 aliphatic rings. The predicted molar refractivity (Wildman–Crippen MR) is 77.5 cm³/mol. The van der Waals surface area contributed by atoms with Crippen LogP contribution in [0.3, 0.4) is 0 Å². The van der Waals surface area contributed by atoms with Crippen LogP contribution in [0.15, 0.2) is 5.38 Å². The van der Waals surface area contributed by atoms with Crippen molar-refractivity contribution in [3.8, 4) is 0 Å². The first-order valence-corrected chi connectivity index (χ1v) is 7.56. The molecule has 0 fully saturated rings. The molecule has 0 spiro atoms. The van der Waals surface area contributed by atoms with E-state index in [-0.39, 0.29) is 18.7 Å². The maximum Gasteiger partial charge on any atom is 0.314 e. The van der Waals surface area contributed by atoms with Gasteiger partial charge in [-0.25, -0.2) is 9.78 Å². The molecule has 5 nitrogen and oxygen atoms in total. The lowest BCUT2D eigenvalue weighted by Crippen LogP contribution is -2.41. The Balaban J connectivity index is 2.07. The van der Waals surface area contributed by atoms with E-state index in [1.807, 2.05) is 19.2 Å². The van der Waals surface area contributed by atoms with E-state index in [2.05, 4.69) is 15.6 Å². The highest BCUT2D eigenvalue weighted by atomic mass is 32.1. The molecule has 0 saturated heterocycles. The van der Waals surface area contributed by atoms with Gasteiger partial charge in [-0.05, 0) is 33.1 Å². The normalized spacial score (nSPS) is 12.2. The van der Waals surface area contributed by atoms with Crippen LogP contribution in [0.2, 0.25) is 0 Å². The fraction of sp³-hybridized carbons (Fsp3) is 0.692. The van der Waals surface area contributed by atoms with Crippen molar-refractivity contribution in [1.82, 2.24) is 15.6 Å². The molecule has 0 bridgehead atoms. The second kappa shape index (κ2) is 8.87. The fourth-order valence-corrected chi connectivity index (χ4v) is 2.52. The Bertz CT molecular complexity index is 382. The van der Waals surface area contributed by atoms with E-state index in [1.165, 1.54) is 0 Å². The van der Waals surface area contributed by atoms with Crippen molar-refractivity contribution in [2.45, 2.75) is 45.6 Å². The summed E-state index contributed by atoms with van der Waals surface area (Å²) in [5.41, 5.74) is 1.06. The molecule has 0 aliphatic heterocycles. The molecule has 0 aliphatic carbocycles. The summed E-state index contributed by atoms with van der Waals surface area (Å²) in [6.45, 7) is 4.74. The van der Waals surface area contributed by atoms with Crippen molar-refractivity contribution in [3.05, 3.63) is 16.1 Å². The van der Waals surface area contributed by atoms with Crippen LogP contribution < -0.4 is 10.6 Å². The van der Waals surface area contributed by atoms with Crippen LogP contribution in [0.1, 0.15) is 36.9 Å². The van der Waals surface area contributed by atoms with E-state index < -0.39 is 0 Å². The van der Waals surface area contributed by atoms with Crippen molar-refractivity contribution >= 4 is 17.4 Å². The predicted octanol–water partition coefficient (Wildman–Crippen LogP) is 1.84. The van der Waals surface area contributed by atoms with Gasteiger partial charge in [0.2, 0.25) is 0 Å². The first-order chi connectivity index (χ1) is 9.11. The summed E-state index contributed by atoms with van der Waals surface area (Å²) in [5.74, 6) is 0.